The fourth-order valence-electron chi connectivity index (χ4n) is 2.99. The van der Waals surface area contributed by atoms with Crippen LogP contribution in [0.25, 0.3) is 0 Å². The first-order chi connectivity index (χ1) is 12.0. The monoisotopic (exact) mass is 378 g/mol. The van der Waals surface area contributed by atoms with Crippen LogP contribution in [0, 0.1) is 0 Å². The van der Waals surface area contributed by atoms with Crippen molar-refractivity contribution in [1.29, 1.82) is 0 Å². The highest BCUT2D eigenvalue weighted by Crippen LogP contribution is 2.44. The summed E-state index contributed by atoms with van der Waals surface area (Å²) in [5.41, 5.74) is 0.443. The third-order valence-corrected chi connectivity index (χ3v) is 4.62. The molecule has 3 rings (SSSR count). The molecule has 1 aliphatic rings. The van der Waals surface area contributed by atoms with Gasteiger partial charge in [0, 0.05) is 26.9 Å². The lowest BCUT2D eigenvalue weighted by molar-refractivity contribution is -0.142. The minimum Gasteiger partial charge on any atom is -0.465 e. The van der Waals surface area contributed by atoms with E-state index >= 15 is 0 Å². The molecule has 2 N–H and O–H groups in total. The summed E-state index contributed by atoms with van der Waals surface area (Å²) in [5, 5.41) is 6.75. The van der Waals surface area contributed by atoms with Gasteiger partial charge in [-0.2, -0.15) is 0 Å². The summed E-state index contributed by atoms with van der Waals surface area (Å²) in [6, 6.07) is 12.1. The van der Waals surface area contributed by atoms with Crippen LogP contribution >= 0.6 is 23.2 Å². The molecule has 25 heavy (non-hydrogen) atoms. The molecule has 1 amide bonds. The van der Waals surface area contributed by atoms with Gasteiger partial charge < -0.3 is 10.1 Å². The normalized spacial score (nSPS) is 18.6. The molecule has 1 unspecified atom stereocenters. The van der Waals surface area contributed by atoms with E-state index < -0.39 is 11.5 Å². The topological polar surface area (TPSA) is 67.4 Å². The maximum absolute atomic E-state index is 13.0. The van der Waals surface area contributed by atoms with Crippen molar-refractivity contribution in [2.75, 3.05) is 18.5 Å². The van der Waals surface area contributed by atoms with Gasteiger partial charge in [0.2, 0.25) is 0 Å². The number of benzene rings is 2. The van der Waals surface area contributed by atoms with Gasteiger partial charge in [-0.15, -0.1) is 0 Å². The lowest BCUT2D eigenvalue weighted by Crippen LogP contribution is -2.51. The molecule has 2 aromatic rings. The largest absolute Gasteiger partial charge is 0.465 e. The third kappa shape index (κ3) is 3.11. The number of halogens is 2. The Morgan fingerprint density at radius 2 is 1.96 bits per heavy atom. The summed E-state index contributed by atoms with van der Waals surface area (Å²) in [7, 11) is 0. The molecule has 0 saturated heterocycles. The fraction of sp³-hybridized carbons (Fsp3) is 0.222. The van der Waals surface area contributed by atoms with E-state index in [0.29, 0.717) is 26.9 Å². The molecule has 1 aliphatic heterocycles. The van der Waals surface area contributed by atoms with Crippen molar-refractivity contribution in [3.63, 3.8) is 0 Å². The Balaban J connectivity index is 2.14. The molecule has 0 saturated carbocycles. The average molecular weight is 379 g/mol. The van der Waals surface area contributed by atoms with Crippen molar-refractivity contribution in [3.8, 4) is 0 Å². The lowest BCUT2D eigenvalue weighted by Gasteiger charge is -2.30. The van der Waals surface area contributed by atoms with Crippen LogP contribution in [0.4, 0.5) is 5.69 Å². The second-order valence-corrected chi connectivity index (χ2v) is 6.38. The third-order valence-electron chi connectivity index (χ3n) is 4.06. The highest BCUT2D eigenvalue weighted by Gasteiger charge is 2.49. The summed E-state index contributed by atoms with van der Waals surface area (Å²) in [6.07, 6.45) is 0. The molecule has 0 aromatic heterocycles. The molecule has 7 heteroatoms. The van der Waals surface area contributed by atoms with Crippen molar-refractivity contribution in [2.45, 2.75) is 12.5 Å². The van der Waals surface area contributed by atoms with Crippen LogP contribution in [0.15, 0.2) is 42.5 Å². The molecule has 0 aliphatic carbocycles. The number of rotatable bonds is 5. The molecule has 0 radical (unpaired) electrons. The first kappa shape index (κ1) is 17.7. The van der Waals surface area contributed by atoms with Crippen LogP contribution < -0.4 is 10.6 Å². The van der Waals surface area contributed by atoms with E-state index in [1.165, 1.54) is 0 Å². The van der Waals surface area contributed by atoms with Gasteiger partial charge in [0.05, 0.1) is 13.2 Å². The van der Waals surface area contributed by atoms with E-state index in [1.807, 2.05) is 0 Å². The minimum atomic E-state index is -1.33. The van der Waals surface area contributed by atoms with E-state index in [1.54, 1.807) is 49.4 Å². The Hall–Kier alpha value is -2.08. The smallest absolute Gasteiger partial charge is 0.319 e. The Bertz CT molecular complexity index is 841. The Morgan fingerprint density at radius 1 is 1.20 bits per heavy atom. The summed E-state index contributed by atoms with van der Waals surface area (Å²) >= 11 is 12.5. The van der Waals surface area contributed by atoms with Gasteiger partial charge in [-0.05, 0) is 31.2 Å². The van der Waals surface area contributed by atoms with Gasteiger partial charge in [-0.3, -0.25) is 14.9 Å². The van der Waals surface area contributed by atoms with Crippen molar-refractivity contribution in [3.05, 3.63) is 63.6 Å². The summed E-state index contributed by atoms with van der Waals surface area (Å²) in [6.45, 7) is 1.83. The van der Waals surface area contributed by atoms with Gasteiger partial charge in [0.25, 0.3) is 5.91 Å². The zero-order chi connectivity index (χ0) is 18.0. The number of esters is 1. The standard InChI is InChI=1S/C18H16Cl2N2O3/c1-2-25-16(23)10-21-18(12-5-3-4-6-14(12)20)13-9-11(19)7-8-15(13)22-17(18)24/h3-9,21H,2,10H2,1H3,(H,22,24). The number of carbonyl (C=O) groups is 2. The summed E-state index contributed by atoms with van der Waals surface area (Å²) in [5.74, 6) is -0.792. The van der Waals surface area contributed by atoms with Gasteiger partial charge >= 0.3 is 5.97 Å². The predicted octanol–water partition coefficient (Wildman–Crippen LogP) is 3.34. The zero-order valence-electron chi connectivity index (χ0n) is 13.4. The van der Waals surface area contributed by atoms with Crippen molar-refractivity contribution in [1.82, 2.24) is 5.32 Å². The first-order valence-corrected chi connectivity index (χ1v) is 8.51. The summed E-state index contributed by atoms with van der Waals surface area (Å²) < 4.78 is 4.97. The van der Waals surface area contributed by atoms with E-state index in [-0.39, 0.29) is 19.1 Å². The Morgan fingerprint density at radius 3 is 2.68 bits per heavy atom. The molecule has 1 heterocycles. The number of ether oxygens (including phenoxy) is 1. The second-order valence-electron chi connectivity index (χ2n) is 5.53. The van der Waals surface area contributed by atoms with Crippen molar-refractivity contribution in [2.24, 2.45) is 0 Å². The second kappa shape index (κ2) is 7.04. The maximum Gasteiger partial charge on any atom is 0.319 e. The van der Waals surface area contributed by atoms with Gasteiger partial charge in [0.1, 0.15) is 0 Å². The number of nitrogens with one attached hydrogen (secondary N) is 2. The first-order valence-electron chi connectivity index (χ1n) is 7.76. The molecule has 0 fully saturated rings. The van der Waals surface area contributed by atoms with Crippen LogP contribution in [0.1, 0.15) is 18.1 Å². The SMILES string of the molecule is CCOC(=O)CNC1(c2ccccc2Cl)C(=O)Nc2ccc(Cl)cc21. The van der Waals surface area contributed by atoms with E-state index in [2.05, 4.69) is 10.6 Å². The van der Waals surface area contributed by atoms with Crippen LogP contribution in [0.5, 0.6) is 0 Å². The van der Waals surface area contributed by atoms with Crippen LogP contribution in [0.2, 0.25) is 10.0 Å². The van der Waals surface area contributed by atoms with Crippen molar-refractivity contribution < 1.29 is 14.3 Å². The molecule has 2 aromatic carbocycles. The fourth-order valence-corrected chi connectivity index (χ4v) is 3.44. The number of amides is 1. The Labute approximate surface area is 155 Å². The molecule has 130 valence electrons. The van der Waals surface area contributed by atoms with E-state index in [4.69, 9.17) is 27.9 Å². The molecule has 1 atom stereocenters. The minimum absolute atomic E-state index is 0.154. The average Bonchev–Trinajstić information content (AvgIpc) is 2.86. The molecular formula is C18H16Cl2N2O3. The number of fused-ring (bicyclic) bond motifs is 1. The molecule has 0 bridgehead atoms. The van der Waals surface area contributed by atoms with E-state index in [0.717, 1.165) is 0 Å². The van der Waals surface area contributed by atoms with E-state index in [9.17, 15) is 9.59 Å². The van der Waals surface area contributed by atoms with Gasteiger partial charge in [0.15, 0.2) is 5.54 Å². The molecular weight excluding hydrogens is 363 g/mol. The molecule has 0 spiro atoms. The lowest BCUT2D eigenvalue weighted by atomic mass is 9.83. The molecule has 5 nitrogen and oxygen atoms in total. The van der Waals surface area contributed by atoms with Gasteiger partial charge in [-0.1, -0.05) is 41.4 Å². The number of hydrogen-bond donors (Lipinski definition) is 2. The van der Waals surface area contributed by atoms with Crippen LogP contribution in [0.3, 0.4) is 0 Å². The van der Waals surface area contributed by atoms with Gasteiger partial charge in [-0.25, -0.2) is 0 Å². The van der Waals surface area contributed by atoms with Crippen molar-refractivity contribution >= 4 is 40.8 Å². The number of hydrogen-bond acceptors (Lipinski definition) is 4. The quantitative estimate of drug-likeness (QED) is 0.782. The van der Waals surface area contributed by atoms with Crippen LogP contribution in [-0.2, 0) is 19.9 Å². The highest BCUT2D eigenvalue weighted by molar-refractivity contribution is 6.32. The number of carbonyl (C=O) groups excluding carboxylic acids is 2. The Kier molecular flexibility index (Phi) is 4.99. The summed E-state index contributed by atoms with van der Waals surface area (Å²) in [4.78, 5) is 24.8. The predicted molar refractivity (Wildman–Crippen MR) is 96.9 cm³/mol. The van der Waals surface area contributed by atoms with Crippen LogP contribution in [-0.4, -0.2) is 25.0 Å². The highest BCUT2D eigenvalue weighted by atomic mass is 35.5. The maximum atomic E-state index is 13.0. The number of anilines is 1. The zero-order valence-corrected chi connectivity index (χ0v) is 14.9.